The Bertz CT molecular complexity index is 560. The summed E-state index contributed by atoms with van der Waals surface area (Å²) < 4.78 is 1.78. The van der Waals surface area contributed by atoms with Gasteiger partial charge in [0.1, 0.15) is 13.1 Å². The van der Waals surface area contributed by atoms with Crippen molar-refractivity contribution in [2.45, 2.75) is 26.7 Å². The molecular weight excluding hydrogens is 260 g/mol. The summed E-state index contributed by atoms with van der Waals surface area (Å²) in [5, 5.41) is 6.47. The molecule has 0 radical (unpaired) electrons. The van der Waals surface area contributed by atoms with Crippen molar-refractivity contribution in [3.8, 4) is 0 Å². The molecule has 0 unspecified atom stereocenters. The highest BCUT2D eigenvalue weighted by Crippen LogP contribution is 2.14. The number of hydrogen-bond acceptors (Lipinski definition) is 4. The first-order chi connectivity index (χ1) is 9.38. The molecule has 108 valence electrons. The molecule has 2 heterocycles. The summed E-state index contributed by atoms with van der Waals surface area (Å²) in [5.41, 5.74) is 2.99. The molecule has 0 spiro atoms. The fourth-order valence-electron chi connectivity index (χ4n) is 2.38. The monoisotopic (exact) mass is 278 g/mol. The minimum atomic E-state index is -0.427. The summed E-state index contributed by atoms with van der Waals surface area (Å²) in [6.07, 6.45) is 0.838. The number of nitrogens with one attached hydrogen (secondary N) is 1. The van der Waals surface area contributed by atoms with Crippen LogP contribution in [0.1, 0.15) is 23.4 Å². The van der Waals surface area contributed by atoms with Crippen molar-refractivity contribution in [2.24, 2.45) is 7.05 Å². The maximum Gasteiger partial charge on any atom is 0.246 e. The fraction of sp³-hybridized carbons (Fsp3) is 0.538. The van der Waals surface area contributed by atoms with Gasteiger partial charge in [0.15, 0.2) is 0 Å². The summed E-state index contributed by atoms with van der Waals surface area (Å²) >= 11 is 0. The minimum absolute atomic E-state index is 0.0461. The molecule has 7 heteroatoms. The molecule has 20 heavy (non-hydrogen) atoms. The van der Waals surface area contributed by atoms with E-state index in [4.69, 9.17) is 0 Å². The van der Waals surface area contributed by atoms with E-state index in [-0.39, 0.29) is 25.4 Å². The average molecular weight is 278 g/mol. The quantitative estimate of drug-likeness (QED) is 0.752. The van der Waals surface area contributed by atoms with E-state index < -0.39 is 11.8 Å². The lowest BCUT2D eigenvalue weighted by atomic mass is 10.1. The summed E-state index contributed by atoms with van der Waals surface area (Å²) in [6.45, 7) is 3.77. The number of hydrogen-bond donors (Lipinski definition) is 1. The second kappa shape index (κ2) is 5.44. The lowest BCUT2D eigenvalue weighted by Gasteiger charge is -2.25. The van der Waals surface area contributed by atoms with Gasteiger partial charge >= 0.3 is 0 Å². The number of carbonyl (C=O) groups excluding carboxylic acids is 3. The van der Waals surface area contributed by atoms with E-state index in [1.807, 2.05) is 20.9 Å². The largest absolute Gasteiger partial charge is 0.324 e. The van der Waals surface area contributed by atoms with Crippen LogP contribution in [-0.4, -0.2) is 45.5 Å². The zero-order chi connectivity index (χ0) is 14.9. The van der Waals surface area contributed by atoms with Crippen LogP contribution in [0.15, 0.2) is 0 Å². The van der Waals surface area contributed by atoms with E-state index in [1.54, 1.807) is 4.68 Å². The van der Waals surface area contributed by atoms with Gasteiger partial charge in [0.25, 0.3) is 0 Å². The van der Waals surface area contributed by atoms with Crippen LogP contribution in [0.5, 0.6) is 0 Å². The number of carbonyl (C=O) groups is 3. The van der Waals surface area contributed by atoms with Crippen LogP contribution in [0, 0.1) is 13.8 Å². The Morgan fingerprint density at radius 1 is 1.25 bits per heavy atom. The highest BCUT2D eigenvalue weighted by Gasteiger charge is 2.26. The Balaban J connectivity index is 1.98. The Morgan fingerprint density at radius 2 is 1.85 bits per heavy atom. The Hall–Kier alpha value is -2.18. The van der Waals surface area contributed by atoms with E-state index in [9.17, 15) is 14.4 Å². The van der Waals surface area contributed by atoms with Crippen LogP contribution >= 0.6 is 0 Å². The minimum Gasteiger partial charge on any atom is -0.324 e. The highest BCUT2D eigenvalue weighted by molar-refractivity contribution is 6.02. The molecule has 0 aromatic carbocycles. The van der Waals surface area contributed by atoms with Gasteiger partial charge in [0.05, 0.1) is 5.69 Å². The van der Waals surface area contributed by atoms with Gasteiger partial charge in [-0.05, 0) is 25.8 Å². The molecule has 1 aliphatic rings. The molecule has 1 N–H and O–H groups in total. The van der Waals surface area contributed by atoms with Crippen LogP contribution in [0.2, 0.25) is 0 Å². The first-order valence-corrected chi connectivity index (χ1v) is 6.48. The van der Waals surface area contributed by atoms with E-state index in [0.29, 0.717) is 6.42 Å². The molecule has 1 aliphatic heterocycles. The van der Waals surface area contributed by atoms with Crippen molar-refractivity contribution >= 4 is 17.7 Å². The van der Waals surface area contributed by atoms with Crippen LogP contribution in [0.4, 0.5) is 0 Å². The Morgan fingerprint density at radius 3 is 2.35 bits per heavy atom. The molecule has 0 aliphatic carbocycles. The number of piperazine rings is 1. The van der Waals surface area contributed by atoms with Crippen LogP contribution in [0.3, 0.4) is 0 Å². The number of aromatic nitrogens is 2. The maximum atomic E-state index is 12.1. The summed E-state index contributed by atoms with van der Waals surface area (Å²) in [5.74, 6) is -1.04. The molecule has 0 atom stereocenters. The number of nitrogens with zero attached hydrogens (tertiary/aromatic N) is 3. The first-order valence-electron chi connectivity index (χ1n) is 6.48. The molecule has 2 rings (SSSR count). The molecule has 7 nitrogen and oxygen atoms in total. The van der Waals surface area contributed by atoms with E-state index in [1.165, 1.54) is 4.90 Å². The maximum absolute atomic E-state index is 12.1. The van der Waals surface area contributed by atoms with Crippen molar-refractivity contribution in [3.63, 3.8) is 0 Å². The third-order valence-electron chi connectivity index (χ3n) is 3.55. The van der Waals surface area contributed by atoms with Crippen LogP contribution in [-0.2, 0) is 27.9 Å². The second-order valence-corrected chi connectivity index (χ2v) is 4.99. The molecule has 1 aromatic rings. The van der Waals surface area contributed by atoms with Gasteiger partial charge in [-0.3, -0.25) is 24.4 Å². The summed E-state index contributed by atoms with van der Waals surface area (Å²) in [6, 6.07) is 0. The fourth-order valence-corrected chi connectivity index (χ4v) is 2.38. The number of rotatable bonds is 3. The van der Waals surface area contributed by atoms with Gasteiger partial charge in [-0.2, -0.15) is 5.10 Å². The second-order valence-electron chi connectivity index (χ2n) is 4.99. The van der Waals surface area contributed by atoms with Gasteiger partial charge < -0.3 is 4.90 Å². The van der Waals surface area contributed by atoms with Crippen molar-refractivity contribution in [1.82, 2.24) is 20.0 Å². The van der Waals surface area contributed by atoms with Crippen LogP contribution < -0.4 is 5.32 Å². The van der Waals surface area contributed by atoms with Crippen molar-refractivity contribution in [3.05, 3.63) is 17.0 Å². The predicted molar refractivity (Wildman–Crippen MR) is 70.7 cm³/mol. The lowest BCUT2D eigenvalue weighted by molar-refractivity contribution is -0.145. The van der Waals surface area contributed by atoms with E-state index in [2.05, 4.69) is 10.4 Å². The van der Waals surface area contributed by atoms with Gasteiger partial charge in [-0.1, -0.05) is 0 Å². The molecular formula is C13H18N4O3. The van der Waals surface area contributed by atoms with Crippen molar-refractivity contribution in [1.29, 1.82) is 0 Å². The molecule has 0 saturated carbocycles. The lowest BCUT2D eigenvalue weighted by Crippen LogP contribution is -2.53. The summed E-state index contributed by atoms with van der Waals surface area (Å²) in [4.78, 5) is 35.8. The standard InChI is InChI=1S/C13H18N4O3/c1-8-10(9(2)16(3)15-8)4-5-13(20)17-6-11(18)14-12(19)7-17/h4-7H2,1-3H3,(H,14,18,19). The summed E-state index contributed by atoms with van der Waals surface area (Å²) in [7, 11) is 1.86. The van der Waals surface area contributed by atoms with E-state index >= 15 is 0 Å². The zero-order valence-corrected chi connectivity index (χ0v) is 11.9. The predicted octanol–water partition coefficient (Wildman–Crippen LogP) is -0.545. The molecule has 1 fully saturated rings. The average Bonchev–Trinajstić information content (AvgIpc) is 2.60. The molecule has 1 saturated heterocycles. The normalized spacial score (nSPS) is 15.4. The van der Waals surface area contributed by atoms with Crippen molar-refractivity contribution < 1.29 is 14.4 Å². The first kappa shape index (κ1) is 14.2. The zero-order valence-electron chi connectivity index (χ0n) is 11.9. The number of amides is 3. The molecule has 1 aromatic heterocycles. The van der Waals surface area contributed by atoms with Crippen LogP contribution in [0.25, 0.3) is 0 Å². The third-order valence-corrected chi connectivity index (χ3v) is 3.55. The van der Waals surface area contributed by atoms with Gasteiger partial charge in [-0.25, -0.2) is 0 Å². The SMILES string of the molecule is Cc1nn(C)c(C)c1CCC(=O)N1CC(=O)NC(=O)C1. The van der Waals surface area contributed by atoms with Gasteiger partial charge in [0, 0.05) is 19.2 Å². The Labute approximate surface area is 116 Å². The van der Waals surface area contributed by atoms with Gasteiger partial charge in [-0.15, -0.1) is 0 Å². The smallest absolute Gasteiger partial charge is 0.246 e. The van der Waals surface area contributed by atoms with Gasteiger partial charge in [0.2, 0.25) is 17.7 Å². The Kier molecular flexibility index (Phi) is 3.87. The molecule has 0 bridgehead atoms. The van der Waals surface area contributed by atoms with Crippen molar-refractivity contribution in [2.75, 3.05) is 13.1 Å². The number of imide groups is 1. The van der Waals surface area contributed by atoms with E-state index in [0.717, 1.165) is 17.0 Å². The highest BCUT2D eigenvalue weighted by atomic mass is 16.2. The third kappa shape index (κ3) is 2.87. The molecule has 3 amide bonds. The topological polar surface area (TPSA) is 84.3 Å². The number of aryl methyl sites for hydroxylation is 2.